The molecule has 0 bridgehead atoms. The number of benzene rings is 1. The number of aromatic nitrogens is 2. The second-order valence-electron chi connectivity index (χ2n) is 11.9. The van der Waals surface area contributed by atoms with Gasteiger partial charge in [0.2, 0.25) is 0 Å². The lowest BCUT2D eigenvalue weighted by Gasteiger charge is -2.26. The van der Waals surface area contributed by atoms with Gasteiger partial charge in [0.05, 0.1) is 49.1 Å². The largest absolute Gasteiger partial charge is 0.383 e. The van der Waals surface area contributed by atoms with Crippen LogP contribution < -0.4 is 21.6 Å². The zero-order chi connectivity index (χ0) is 26.7. The van der Waals surface area contributed by atoms with Gasteiger partial charge in [-0.15, -0.1) is 23.3 Å². The van der Waals surface area contributed by atoms with Gasteiger partial charge in [0.25, 0.3) is 0 Å². The number of thiazole rings is 1. The summed E-state index contributed by atoms with van der Waals surface area (Å²) in [5.74, 6) is 3.58. The van der Waals surface area contributed by atoms with Gasteiger partial charge in [0, 0.05) is 30.0 Å². The summed E-state index contributed by atoms with van der Waals surface area (Å²) in [5.41, 5.74) is 14.4. The van der Waals surface area contributed by atoms with Gasteiger partial charge in [-0.3, -0.25) is 9.99 Å². The maximum Gasteiger partial charge on any atom is 0.106 e. The van der Waals surface area contributed by atoms with Crippen molar-refractivity contribution in [1.82, 2.24) is 25.9 Å². The number of rotatable bonds is 8. The third kappa shape index (κ3) is 4.68. The van der Waals surface area contributed by atoms with Crippen molar-refractivity contribution in [2.24, 2.45) is 11.3 Å². The molecule has 1 aliphatic heterocycles. The Kier molecular flexibility index (Phi) is 6.21. The quantitative estimate of drug-likeness (QED) is 0.245. The van der Waals surface area contributed by atoms with Crippen LogP contribution in [0.5, 0.6) is 0 Å². The van der Waals surface area contributed by atoms with E-state index in [2.05, 4.69) is 82.5 Å². The number of aryl methyl sites for hydroxylation is 1. The number of terminal acetylenes is 1. The Morgan fingerprint density at radius 2 is 2.08 bits per heavy atom. The summed E-state index contributed by atoms with van der Waals surface area (Å²) in [6.07, 6.45) is 15.0. The molecule has 7 nitrogen and oxygen atoms in total. The van der Waals surface area contributed by atoms with Crippen LogP contribution in [0.15, 0.2) is 35.7 Å². The molecule has 2 saturated carbocycles. The summed E-state index contributed by atoms with van der Waals surface area (Å²) >= 11 is 8.46. The van der Waals surface area contributed by atoms with Crippen LogP contribution in [-0.2, 0) is 0 Å². The highest BCUT2D eigenvalue weighted by Crippen LogP contribution is 2.57. The van der Waals surface area contributed by atoms with E-state index < -0.39 is 0 Å². The predicted molar refractivity (Wildman–Crippen MR) is 157 cm³/mol. The molecule has 0 radical (unpaired) electrons. The maximum atomic E-state index is 6.81. The molecule has 3 heterocycles. The Labute approximate surface area is 233 Å². The predicted octanol–water partition coefficient (Wildman–Crippen LogP) is 6.35. The number of nitrogens with one attached hydrogen (secondary N) is 4. The summed E-state index contributed by atoms with van der Waals surface area (Å²) in [6, 6.07) is 3.91. The normalized spacial score (nSPS) is 19.1. The van der Waals surface area contributed by atoms with Crippen molar-refractivity contribution >= 4 is 45.2 Å². The van der Waals surface area contributed by atoms with E-state index in [-0.39, 0.29) is 17.0 Å². The highest BCUT2D eigenvalue weighted by atomic mass is 35.5. The van der Waals surface area contributed by atoms with Crippen LogP contribution in [-0.4, -0.2) is 27.1 Å². The van der Waals surface area contributed by atoms with Crippen LogP contribution in [0, 0.1) is 30.6 Å². The first-order chi connectivity index (χ1) is 18.2. The van der Waals surface area contributed by atoms with Crippen molar-refractivity contribution in [3.63, 3.8) is 0 Å². The van der Waals surface area contributed by atoms with Crippen LogP contribution in [0.25, 0.3) is 10.9 Å². The molecule has 0 unspecified atom stereocenters. The second kappa shape index (κ2) is 9.33. The molecule has 3 aromatic rings. The third-order valence-electron chi connectivity index (χ3n) is 7.71. The summed E-state index contributed by atoms with van der Waals surface area (Å²) in [7, 11) is 0. The lowest BCUT2D eigenvalue weighted by molar-refractivity contribution is 0.156. The van der Waals surface area contributed by atoms with Crippen LogP contribution in [0.2, 0.25) is 5.02 Å². The van der Waals surface area contributed by atoms with Gasteiger partial charge in [0.15, 0.2) is 0 Å². The highest BCUT2D eigenvalue weighted by molar-refractivity contribution is 7.09. The Hall–Kier alpha value is -2.99. The molecular weight excluding hydrogens is 514 g/mol. The van der Waals surface area contributed by atoms with Gasteiger partial charge in [-0.2, -0.15) is 0 Å². The van der Waals surface area contributed by atoms with Crippen molar-refractivity contribution in [3.8, 4) is 12.3 Å². The summed E-state index contributed by atoms with van der Waals surface area (Å²) < 4.78 is 0. The van der Waals surface area contributed by atoms with E-state index in [1.54, 1.807) is 17.5 Å². The number of hydrazine groups is 2. The molecule has 6 rings (SSSR count). The minimum atomic E-state index is -0.127. The van der Waals surface area contributed by atoms with Gasteiger partial charge in [-0.25, -0.2) is 4.98 Å². The monoisotopic (exact) mass is 547 g/mol. The lowest BCUT2D eigenvalue weighted by atomic mass is 9.96. The topological polar surface area (TPSA) is 77.1 Å². The molecule has 3 aliphatic rings. The first-order valence-corrected chi connectivity index (χ1v) is 14.5. The van der Waals surface area contributed by atoms with Crippen molar-refractivity contribution in [1.29, 1.82) is 0 Å². The van der Waals surface area contributed by atoms with Crippen molar-refractivity contribution in [2.75, 3.05) is 17.2 Å². The summed E-state index contributed by atoms with van der Waals surface area (Å²) in [4.78, 5) is 10.3. The molecule has 2 aliphatic carbocycles. The highest BCUT2D eigenvalue weighted by Gasteiger charge is 2.58. The van der Waals surface area contributed by atoms with E-state index in [0.29, 0.717) is 5.02 Å². The van der Waals surface area contributed by atoms with Crippen molar-refractivity contribution in [3.05, 3.63) is 56.9 Å². The average Bonchev–Trinajstić information content (AvgIpc) is 3.79. The molecule has 2 fully saturated rings. The van der Waals surface area contributed by atoms with Gasteiger partial charge in [-0.05, 0) is 56.1 Å². The molecule has 1 aromatic carbocycles. The van der Waals surface area contributed by atoms with Gasteiger partial charge < -0.3 is 16.1 Å². The number of halogens is 1. The Morgan fingerprint density at radius 1 is 1.29 bits per heavy atom. The van der Waals surface area contributed by atoms with Gasteiger partial charge in [0.1, 0.15) is 6.04 Å². The van der Waals surface area contributed by atoms with Crippen molar-refractivity contribution < 1.29 is 0 Å². The van der Waals surface area contributed by atoms with E-state index in [4.69, 9.17) is 18.0 Å². The van der Waals surface area contributed by atoms with Crippen molar-refractivity contribution in [2.45, 2.75) is 65.0 Å². The van der Waals surface area contributed by atoms with E-state index in [9.17, 15) is 0 Å². The number of nitrogens with zero attached hydrogens (tertiary/aromatic N) is 3. The molecule has 4 N–H and O–H groups in total. The standard InChI is InChI=1S/C29H34ClN7S/c1-6-18-13-31-25-21(24(18)32-15-28(3,4)5)11-20(12-22(25)30)34-26(27-17(2)33-16-38-27)23-14-37(36-35-23)29(9-10-29)19-7-8-19/h1,11-14,16,19,26,34-36H,7-10,15H2,2-5H3,(H,31,32)/t26-/m1/s1. The molecule has 2 aromatic heterocycles. The lowest BCUT2D eigenvalue weighted by Crippen LogP contribution is -2.46. The van der Waals surface area contributed by atoms with Crippen LogP contribution >= 0.6 is 22.9 Å². The fourth-order valence-corrected chi connectivity index (χ4v) is 6.48. The van der Waals surface area contributed by atoms with Gasteiger partial charge >= 0.3 is 0 Å². The number of anilines is 2. The van der Waals surface area contributed by atoms with E-state index in [1.807, 2.05) is 11.6 Å². The minimum absolute atomic E-state index is 0.0782. The van der Waals surface area contributed by atoms with E-state index in [0.717, 1.165) is 56.6 Å². The number of hydrogen-bond acceptors (Lipinski definition) is 8. The molecular formula is C29H34ClN7S. The Balaban J connectivity index is 1.38. The zero-order valence-electron chi connectivity index (χ0n) is 22.3. The minimum Gasteiger partial charge on any atom is -0.383 e. The SMILES string of the molecule is C#Cc1cnc2c(Cl)cc(N[C@H](C3=CN(C4(C5CC5)CC4)NN3)c3scnc3C)cc2c1NCC(C)(C)C. The zero-order valence-corrected chi connectivity index (χ0v) is 23.9. The van der Waals surface area contributed by atoms with Gasteiger partial charge in [-0.1, -0.05) is 38.3 Å². The third-order valence-corrected chi connectivity index (χ3v) is 8.99. The Bertz CT molecular complexity index is 1460. The number of pyridine rings is 1. The molecule has 38 heavy (non-hydrogen) atoms. The van der Waals surface area contributed by atoms with E-state index >= 15 is 0 Å². The first-order valence-electron chi connectivity index (χ1n) is 13.2. The first kappa shape index (κ1) is 25.3. The second-order valence-corrected chi connectivity index (χ2v) is 13.2. The van der Waals surface area contributed by atoms with Crippen LogP contribution in [0.3, 0.4) is 0 Å². The molecule has 0 spiro atoms. The molecule has 0 amide bonds. The molecule has 1 atom stereocenters. The van der Waals surface area contributed by atoms with Crippen LogP contribution in [0.1, 0.15) is 68.6 Å². The number of hydrogen-bond donors (Lipinski definition) is 4. The smallest absolute Gasteiger partial charge is 0.106 e. The molecule has 0 saturated heterocycles. The maximum absolute atomic E-state index is 6.81. The fraction of sp³-hybridized carbons (Fsp3) is 0.448. The molecule has 9 heteroatoms. The summed E-state index contributed by atoms with van der Waals surface area (Å²) in [5, 5.41) is 11.1. The Morgan fingerprint density at radius 3 is 2.71 bits per heavy atom. The van der Waals surface area contributed by atoms with Crippen LogP contribution in [0.4, 0.5) is 11.4 Å². The fourth-order valence-electron chi connectivity index (χ4n) is 5.35. The number of fused-ring (bicyclic) bond motifs is 1. The average molecular weight is 548 g/mol. The van der Waals surface area contributed by atoms with E-state index in [1.165, 1.54) is 25.7 Å². The summed E-state index contributed by atoms with van der Waals surface area (Å²) in [6.45, 7) is 9.39. The molecule has 198 valence electrons.